The Kier molecular flexibility index (Phi) is 7.22. The lowest BCUT2D eigenvalue weighted by molar-refractivity contribution is 0.0377. The summed E-state index contributed by atoms with van der Waals surface area (Å²) < 4.78 is 7.47. The maximum Gasteiger partial charge on any atom is 0.340 e. The Balaban J connectivity index is 1.88. The molecule has 0 aliphatic carbocycles. The smallest absolute Gasteiger partial charge is 0.340 e. The van der Waals surface area contributed by atoms with Crippen LogP contribution in [0, 0.1) is 0 Å². The van der Waals surface area contributed by atoms with E-state index in [-0.39, 0.29) is 12.1 Å². The lowest BCUT2D eigenvalue weighted by Gasteiger charge is -2.08. The number of aromatic nitrogens is 1. The van der Waals surface area contributed by atoms with Gasteiger partial charge >= 0.3 is 5.97 Å². The molecule has 3 aromatic rings. The average Bonchev–Trinajstić information content (AvgIpc) is 3.12. The van der Waals surface area contributed by atoms with Crippen LogP contribution in [-0.2, 0) is 17.7 Å². The molecule has 7 heteroatoms. The largest absolute Gasteiger partial charge is 0.459 e. The van der Waals surface area contributed by atoms with Gasteiger partial charge in [-0.25, -0.2) is 4.79 Å². The maximum atomic E-state index is 12.7. The number of benzene rings is 2. The van der Waals surface area contributed by atoms with Gasteiger partial charge in [0.15, 0.2) is 0 Å². The standard InChI is InChI=1S/C24H27N5O2/c1-17(2)31-24(30)23-16-29(14-19-8-6-18(7-9-19)12-27-25)15-22(23)11-20-4-3-5-21(10-20)13-28-26/h3-10,12-13,15-17H,11,14,25-26H2,1-2H3/b27-12-,28-13-. The van der Waals surface area contributed by atoms with Gasteiger partial charge in [-0.05, 0) is 54.2 Å². The first-order valence-corrected chi connectivity index (χ1v) is 10.0. The molecular weight excluding hydrogens is 390 g/mol. The van der Waals surface area contributed by atoms with E-state index < -0.39 is 0 Å². The van der Waals surface area contributed by atoms with Crippen molar-refractivity contribution in [3.63, 3.8) is 0 Å². The molecule has 1 heterocycles. The van der Waals surface area contributed by atoms with Crippen molar-refractivity contribution in [2.45, 2.75) is 32.9 Å². The van der Waals surface area contributed by atoms with E-state index in [4.69, 9.17) is 16.4 Å². The molecule has 0 aliphatic heterocycles. The zero-order valence-corrected chi connectivity index (χ0v) is 17.7. The van der Waals surface area contributed by atoms with Crippen LogP contribution in [0.15, 0.2) is 71.1 Å². The fourth-order valence-electron chi connectivity index (χ4n) is 3.34. The Morgan fingerprint density at radius 3 is 2.39 bits per heavy atom. The van der Waals surface area contributed by atoms with Crippen molar-refractivity contribution in [2.75, 3.05) is 0 Å². The zero-order valence-electron chi connectivity index (χ0n) is 17.7. The number of rotatable bonds is 8. The number of esters is 1. The van der Waals surface area contributed by atoms with Crippen molar-refractivity contribution in [1.29, 1.82) is 0 Å². The van der Waals surface area contributed by atoms with Gasteiger partial charge in [-0.2, -0.15) is 10.2 Å². The second-order valence-electron chi connectivity index (χ2n) is 7.54. The number of ether oxygens (including phenoxy) is 1. The summed E-state index contributed by atoms with van der Waals surface area (Å²) in [6.45, 7) is 4.31. The molecule has 7 nitrogen and oxygen atoms in total. The van der Waals surface area contributed by atoms with Gasteiger partial charge in [0.2, 0.25) is 0 Å². The molecule has 0 saturated carbocycles. The quantitative estimate of drug-likeness (QED) is 0.254. The third-order valence-corrected chi connectivity index (χ3v) is 4.66. The Hall–Kier alpha value is -3.87. The number of hydrogen-bond acceptors (Lipinski definition) is 6. The normalized spacial score (nSPS) is 11.6. The molecule has 160 valence electrons. The number of carbonyl (C=O) groups is 1. The van der Waals surface area contributed by atoms with E-state index >= 15 is 0 Å². The summed E-state index contributed by atoms with van der Waals surface area (Å²) in [6, 6.07) is 15.8. The van der Waals surface area contributed by atoms with Crippen LogP contribution in [0.25, 0.3) is 0 Å². The molecule has 4 N–H and O–H groups in total. The molecule has 0 amide bonds. The molecule has 0 spiro atoms. The van der Waals surface area contributed by atoms with Crippen LogP contribution in [0.3, 0.4) is 0 Å². The molecule has 0 fully saturated rings. The van der Waals surface area contributed by atoms with Gasteiger partial charge < -0.3 is 21.0 Å². The number of carbonyl (C=O) groups excluding carboxylic acids is 1. The lowest BCUT2D eigenvalue weighted by Crippen LogP contribution is -2.12. The van der Waals surface area contributed by atoms with Crippen molar-refractivity contribution in [3.8, 4) is 0 Å². The summed E-state index contributed by atoms with van der Waals surface area (Å²) in [7, 11) is 0. The molecule has 1 aromatic heterocycles. The second-order valence-corrected chi connectivity index (χ2v) is 7.54. The van der Waals surface area contributed by atoms with E-state index in [2.05, 4.69) is 10.2 Å². The Morgan fingerprint density at radius 1 is 1.00 bits per heavy atom. The molecule has 0 atom stereocenters. The van der Waals surface area contributed by atoms with E-state index in [1.807, 2.05) is 79.3 Å². The van der Waals surface area contributed by atoms with Crippen molar-refractivity contribution < 1.29 is 9.53 Å². The Morgan fingerprint density at radius 2 is 1.71 bits per heavy atom. The molecule has 0 aliphatic rings. The van der Waals surface area contributed by atoms with Gasteiger partial charge in [-0.3, -0.25) is 0 Å². The van der Waals surface area contributed by atoms with E-state index in [0.717, 1.165) is 27.8 Å². The molecule has 0 saturated heterocycles. The topological polar surface area (TPSA) is 108 Å². The fourth-order valence-corrected chi connectivity index (χ4v) is 3.34. The summed E-state index contributed by atoms with van der Waals surface area (Å²) in [6.07, 6.45) is 7.44. The van der Waals surface area contributed by atoms with E-state index in [9.17, 15) is 4.79 Å². The number of nitrogens with two attached hydrogens (primary N) is 2. The minimum atomic E-state index is -0.321. The van der Waals surface area contributed by atoms with Crippen molar-refractivity contribution >= 4 is 18.4 Å². The number of hydrazone groups is 2. The highest BCUT2D eigenvalue weighted by Gasteiger charge is 2.18. The number of hydrogen-bond donors (Lipinski definition) is 2. The van der Waals surface area contributed by atoms with Gasteiger partial charge in [-0.1, -0.05) is 42.5 Å². The molecule has 2 aromatic carbocycles. The Labute approximate surface area is 182 Å². The SMILES string of the molecule is CC(C)OC(=O)c1cn(Cc2ccc(/C=N\N)cc2)cc1Cc1cccc(/C=N\N)c1. The van der Waals surface area contributed by atoms with Crippen molar-refractivity contribution in [1.82, 2.24) is 4.57 Å². The van der Waals surface area contributed by atoms with Gasteiger partial charge in [0.25, 0.3) is 0 Å². The molecule has 3 rings (SSSR count). The molecule has 0 unspecified atom stereocenters. The first-order valence-electron chi connectivity index (χ1n) is 10.0. The summed E-state index contributed by atoms with van der Waals surface area (Å²) in [5.74, 6) is 10.1. The minimum Gasteiger partial charge on any atom is -0.459 e. The summed E-state index contributed by atoms with van der Waals surface area (Å²) in [5, 5.41) is 7.12. The summed E-state index contributed by atoms with van der Waals surface area (Å²) >= 11 is 0. The van der Waals surface area contributed by atoms with Crippen molar-refractivity contribution in [2.24, 2.45) is 21.9 Å². The van der Waals surface area contributed by atoms with Crippen LogP contribution in [-0.4, -0.2) is 29.1 Å². The van der Waals surface area contributed by atoms with E-state index in [1.54, 1.807) is 12.4 Å². The highest BCUT2D eigenvalue weighted by Crippen LogP contribution is 2.20. The highest BCUT2D eigenvalue weighted by molar-refractivity contribution is 5.91. The number of nitrogens with zero attached hydrogens (tertiary/aromatic N) is 3. The second kappa shape index (κ2) is 10.2. The van der Waals surface area contributed by atoms with Gasteiger partial charge in [0, 0.05) is 18.9 Å². The van der Waals surface area contributed by atoms with Crippen LogP contribution in [0.4, 0.5) is 0 Å². The summed E-state index contributed by atoms with van der Waals surface area (Å²) in [5.41, 5.74) is 5.46. The third-order valence-electron chi connectivity index (χ3n) is 4.66. The van der Waals surface area contributed by atoms with Crippen LogP contribution < -0.4 is 11.7 Å². The maximum absolute atomic E-state index is 12.7. The molecular formula is C24H27N5O2. The van der Waals surface area contributed by atoms with Gasteiger partial charge in [-0.15, -0.1) is 0 Å². The lowest BCUT2D eigenvalue weighted by atomic mass is 10.0. The van der Waals surface area contributed by atoms with Crippen LogP contribution in [0.2, 0.25) is 0 Å². The summed E-state index contributed by atoms with van der Waals surface area (Å²) in [4.78, 5) is 12.7. The zero-order chi connectivity index (χ0) is 22.2. The Bertz CT molecular complexity index is 1080. The first kappa shape index (κ1) is 21.8. The predicted molar refractivity (Wildman–Crippen MR) is 123 cm³/mol. The highest BCUT2D eigenvalue weighted by atomic mass is 16.5. The molecule has 0 bridgehead atoms. The van der Waals surface area contributed by atoms with E-state index in [1.165, 1.54) is 0 Å². The van der Waals surface area contributed by atoms with Gasteiger partial charge in [0.05, 0.1) is 24.1 Å². The van der Waals surface area contributed by atoms with Crippen LogP contribution in [0.1, 0.15) is 52.0 Å². The third kappa shape index (κ3) is 6.05. The van der Waals surface area contributed by atoms with Crippen LogP contribution >= 0.6 is 0 Å². The average molecular weight is 418 g/mol. The first-order chi connectivity index (χ1) is 15.0. The molecule has 31 heavy (non-hydrogen) atoms. The van der Waals surface area contributed by atoms with Crippen molar-refractivity contribution in [3.05, 3.63) is 94.3 Å². The fraction of sp³-hybridized carbons (Fsp3) is 0.208. The van der Waals surface area contributed by atoms with Crippen LogP contribution in [0.5, 0.6) is 0 Å². The predicted octanol–water partition coefficient (Wildman–Crippen LogP) is 3.28. The molecule has 0 radical (unpaired) electrons. The monoisotopic (exact) mass is 417 g/mol. The van der Waals surface area contributed by atoms with E-state index in [0.29, 0.717) is 18.5 Å². The van der Waals surface area contributed by atoms with Gasteiger partial charge in [0.1, 0.15) is 0 Å². The minimum absolute atomic E-state index is 0.190.